The van der Waals surface area contributed by atoms with E-state index in [-0.39, 0.29) is 29.2 Å². The molecule has 1 N–H and O–H groups in total. The molecule has 3 heterocycles. The second kappa shape index (κ2) is 8.63. The van der Waals surface area contributed by atoms with Crippen molar-refractivity contribution < 1.29 is 31.5 Å². The van der Waals surface area contributed by atoms with E-state index in [0.717, 1.165) is 15.0 Å². The summed E-state index contributed by atoms with van der Waals surface area (Å²) < 4.78 is 67.0. The Kier molecular flexibility index (Phi) is 6.01. The van der Waals surface area contributed by atoms with Gasteiger partial charge in [-0.05, 0) is 13.0 Å². The monoisotopic (exact) mass is 483 g/mol. The largest absolute Gasteiger partial charge is 0.395 e. The van der Waals surface area contributed by atoms with Crippen LogP contribution in [-0.4, -0.2) is 56.3 Å². The minimum absolute atomic E-state index is 0.0226. The van der Waals surface area contributed by atoms with Crippen molar-refractivity contribution in [3.05, 3.63) is 65.0 Å². The molecule has 0 unspecified atom stereocenters. The molecule has 0 saturated heterocycles. The van der Waals surface area contributed by atoms with Gasteiger partial charge in [0.25, 0.3) is 16.4 Å². The maximum atomic E-state index is 14.1. The normalized spacial score (nSPS) is 14.7. The van der Waals surface area contributed by atoms with Crippen molar-refractivity contribution in [3.63, 3.8) is 0 Å². The van der Waals surface area contributed by atoms with Crippen molar-refractivity contribution in [1.29, 1.82) is 0 Å². The molecule has 3 aromatic rings. The molecule has 1 aliphatic heterocycles. The van der Waals surface area contributed by atoms with E-state index in [1.165, 1.54) is 36.2 Å². The Morgan fingerprint density at radius 3 is 2.61 bits per heavy atom. The lowest BCUT2D eigenvalue weighted by molar-refractivity contribution is -0.134. The number of rotatable bonds is 7. The maximum absolute atomic E-state index is 14.1. The molecular weight excluding hydrogens is 463 g/mol. The van der Waals surface area contributed by atoms with Gasteiger partial charge in [-0.25, -0.2) is 13.2 Å². The summed E-state index contributed by atoms with van der Waals surface area (Å²) in [5.41, 5.74) is 0.918. The van der Waals surface area contributed by atoms with Gasteiger partial charge in [-0.2, -0.15) is 22.7 Å². The summed E-state index contributed by atoms with van der Waals surface area (Å²) in [6, 6.07) is 5.66. The summed E-state index contributed by atoms with van der Waals surface area (Å²) in [4.78, 5) is 14.0. The summed E-state index contributed by atoms with van der Waals surface area (Å²) in [7, 11) is -4.19. The summed E-state index contributed by atoms with van der Waals surface area (Å²) in [6.45, 7) is 0.0490. The lowest BCUT2D eigenvalue weighted by Gasteiger charge is -2.22. The van der Waals surface area contributed by atoms with E-state index in [0.29, 0.717) is 11.3 Å². The Labute approximate surface area is 187 Å². The van der Waals surface area contributed by atoms with Crippen LogP contribution in [0.25, 0.3) is 0 Å². The van der Waals surface area contributed by atoms with E-state index in [2.05, 4.69) is 10.2 Å². The van der Waals surface area contributed by atoms with Crippen LogP contribution >= 0.6 is 0 Å². The first-order chi connectivity index (χ1) is 15.6. The number of amides is 1. The highest BCUT2D eigenvalue weighted by atomic mass is 32.2. The van der Waals surface area contributed by atoms with E-state index in [9.17, 15) is 31.5 Å². The standard InChI is InChI=1S/C20H20F3N5O4S/c1-12-18(6-24-27(12)10-19(22)23)33(31,32)28-8-13-7-26(9-17(13)25-28)20(30)15(11-29)14-4-2-3-5-16(14)21/h2-6,8,15,19,29H,7,9-11H2,1H3/t15-/m0/s1. The first-order valence-electron chi connectivity index (χ1n) is 9.91. The number of aliphatic hydroxyl groups is 1. The number of hydrogen-bond donors (Lipinski definition) is 1. The topological polar surface area (TPSA) is 110 Å². The van der Waals surface area contributed by atoms with Crippen molar-refractivity contribution in [2.24, 2.45) is 0 Å². The zero-order chi connectivity index (χ0) is 23.9. The van der Waals surface area contributed by atoms with E-state index in [1.807, 2.05) is 0 Å². The molecule has 0 saturated carbocycles. The molecule has 176 valence electrons. The summed E-state index contributed by atoms with van der Waals surface area (Å²) in [5, 5.41) is 17.5. The fourth-order valence-electron chi connectivity index (χ4n) is 3.79. The zero-order valence-electron chi connectivity index (χ0n) is 17.4. The van der Waals surface area contributed by atoms with Crippen LogP contribution in [0.5, 0.6) is 0 Å². The first-order valence-corrected chi connectivity index (χ1v) is 11.3. The fraction of sp³-hybridized carbons (Fsp3) is 0.350. The summed E-state index contributed by atoms with van der Waals surface area (Å²) in [5.74, 6) is -2.23. The lowest BCUT2D eigenvalue weighted by atomic mass is 9.98. The third-order valence-corrected chi connectivity index (χ3v) is 7.16. The van der Waals surface area contributed by atoms with Gasteiger partial charge in [0.05, 0.1) is 36.7 Å². The number of nitrogens with zero attached hydrogens (tertiary/aromatic N) is 5. The highest BCUT2D eigenvalue weighted by Crippen LogP contribution is 2.29. The van der Waals surface area contributed by atoms with E-state index >= 15 is 0 Å². The van der Waals surface area contributed by atoms with E-state index in [1.54, 1.807) is 6.07 Å². The van der Waals surface area contributed by atoms with Gasteiger partial charge in [0.1, 0.15) is 17.3 Å². The van der Waals surface area contributed by atoms with Gasteiger partial charge in [-0.3, -0.25) is 9.48 Å². The highest BCUT2D eigenvalue weighted by molar-refractivity contribution is 7.89. The van der Waals surface area contributed by atoms with Gasteiger partial charge >= 0.3 is 0 Å². The second-order valence-electron chi connectivity index (χ2n) is 7.60. The van der Waals surface area contributed by atoms with Gasteiger partial charge in [0.2, 0.25) is 5.91 Å². The zero-order valence-corrected chi connectivity index (χ0v) is 18.2. The van der Waals surface area contributed by atoms with Crippen molar-refractivity contribution in [1.82, 2.24) is 23.9 Å². The number of hydrogen-bond acceptors (Lipinski definition) is 6. The Morgan fingerprint density at radius 2 is 1.97 bits per heavy atom. The Balaban J connectivity index is 1.54. The molecule has 1 aliphatic rings. The third kappa shape index (κ3) is 4.13. The number of aromatic nitrogens is 4. The smallest absolute Gasteiger partial charge is 0.286 e. The highest BCUT2D eigenvalue weighted by Gasteiger charge is 2.34. The predicted molar refractivity (Wildman–Crippen MR) is 108 cm³/mol. The average Bonchev–Trinajstić information content (AvgIpc) is 3.44. The predicted octanol–water partition coefficient (Wildman–Crippen LogP) is 1.65. The van der Waals surface area contributed by atoms with Crippen LogP contribution < -0.4 is 0 Å². The number of carbonyl (C=O) groups is 1. The molecule has 0 fully saturated rings. The molecule has 1 amide bonds. The number of aliphatic hydroxyl groups excluding tert-OH is 1. The van der Waals surface area contributed by atoms with Gasteiger partial charge in [0.15, 0.2) is 0 Å². The van der Waals surface area contributed by atoms with Crippen LogP contribution in [0, 0.1) is 12.7 Å². The van der Waals surface area contributed by atoms with Crippen LogP contribution in [-0.2, 0) is 34.5 Å². The number of carbonyl (C=O) groups excluding carboxylic acids is 1. The van der Waals surface area contributed by atoms with E-state index < -0.39 is 47.2 Å². The van der Waals surface area contributed by atoms with Crippen LogP contribution in [0.2, 0.25) is 0 Å². The number of benzene rings is 1. The Hall–Kier alpha value is -3.19. The molecule has 1 atom stereocenters. The molecule has 33 heavy (non-hydrogen) atoms. The molecule has 9 nitrogen and oxygen atoms in total. The first kappa shape index (κ1) is 23.0. The van der Waals surface area contributed by atoms with Crippen LogP contribution in [0.4, 0.5) is 13.2 Å². The Bertz CT molecular complexity index is 1280. The molecule has 0 aliphatic carbocycles. The van der Waals surface area contributed by atoms with Gasteiger partial charge < -0.3 is 10.0 Å². The van der Waals surface area contributed by atoms with Crippen LogP contribution in [0.15, 0.2) is 41.6 Å². The molecule has 0 radical (unpaired) electrons. The second-order valence-corrected chi connectivity index (χ2v) is 9.36. The SMILES string of the molecule is Cc1c(S(=O)(=O)n2cc3c(n2)CN(C(=O)[C@@H](CO)c2ccccc2F)C3)cnn1CC(F)F. The molecule has 13 heteroatoms. The Morgan fingerprint density at radius 1 is 1.24 bits per heavy atom. The minimum Gasteiger partial charge on any atom is -0.395 e. The van der Waals surface area contributed by atoms with Gasteiger partial charge in [0, 0.05) is 23.9 Å². The van der Waals surface area contributed by atoms with E-state index in [4.69, 9.17) is 0 Å². The van der Waals surface area contributed by atoms with Crippen LogP contribution in [0.1, 0.15) is 28.4 Å². The number of fused-ring (bicyclic) bond motifs is 1. The van der Waals surface area contributed by atoms with Crippen molar-refractivity contribution in [2.75, 3.05) is 6.61 Å². The molecule has 0 spiro atoms. The van der Waals surface area contributed by atoms with Gasteiger partial charge in [-0.1, -0.05) is 18.2 Å². The number of halogens is 3. The molecule has 2 aromatic heterocycles. The quantitative estimate of drug-likeness (QED) is 0.547. The fourth-order valence-corrected chi connectivity index (χ4v) is 5.12. The molecule has 4 rings (SSSR count). The number of alkyl halides is 2. The maximum Gasteiger partial charge on any atom is 0.286 e. The average molecular weight is 483 g/mol. The molecule has 1 aromatic carbocycles. The third-order valence-electron chi connectivity index (χ3n) is 5.52. The van der Waals surface area contributed by atoms with Crippen molar-refractivity contribution in [2.45, 2.75) is 43.8 Å². The summed E-state index contributed by atoms with van der Waals surface area (Å²) >= 11 is 0. The minimum atomic E-state index is -4.19. The van der Waals surface area contributed by atoms with Crippen molar-refractivity contribution >= 4 is 15.9 Å². The molecule has 0 bridgehead atoms. The van der Waals surface area contributed by atoms with Gasteiger partial charge in [-0.15, -0.1) is 0 Å². The van der Waals surface area contributed by atoms with Crippen molar-refractivity contribution in [3.8, 4) is 0 Å². The summed E-state index contributed by atoms with van der Waals surface area (Å²) in [6.07, 6.45) is -0.447. The molecular formula is C20H20F3N5O4S. The lowest BCUT2D eigenvalue weighted by Crippen LogP contribution is -2.33. The van der Waals surface area contributed by atoms with Crippen LogP contribution in [0.3, 0.4) is 0 Å².